The molecule has 0 atom stereocenters. The third-order valence-corrected chi connectivity index (χ3v) is 16.2. The van der Waals surface area contributed by atoms with Crippen LogP contribution in [0.4, 0.5) is 34.1 Å². The highest BCUT2D eigenvalue weighted by molar-refractivity contribution is 7.00. The lowest BCUT2D eigenvalue weighted by Gasteiger charge is -2.48. The van der Waals surface area contributed by atoms with Crippen molar-refractivity contribution < 1.29 is 0 Å². The number of rotatable bonds is 2. The third-order valence-electron chi connectivity index (χ3n) is 16.2. The van der Waals surface area contributed by atoms with Crippen LogP contribution >= 0.6 is 0 Å². The summed E-state index contributed by atoms with van der Waals surface area (Å²) in [5.41, 5.74) is 26.8. The Balaban J connectivity index is 1.26. The van der Waals surface area contributed by atoms with Gasteiger partial charge in [-0.1, -0.05) is 137 Å². The van der Waals surface area contributed by atoms with E-state index in [-0.39, 0.29) is 33.8 Å². The summed E-state index contributed by atoms with van der Waals surface area (Å²) >= 11 is 0. The number of hydrogen-bond donors (Lipinski definition) is 0. The minimum Gasteiger partial charge on any atom is -0.311 e. The molecule has 0 unspecified atom stereocenters. The summed E-state index contributed by atoms with van der Waals surface area (Å²) < 4.78 is 0. The Hall–Kier alpha value is -5.02. The van der Waals surface area contributed by atoms with Gasteiger partial charge in [0.2, 0.25) is 0 Å². The highest BCUT2D eigenvalue weighted by atomic mass is 15.2. The van der Waals surface area contributed by atoms with Crippen molar-refractivity contribution in [3.63, 3.8) is 0 Å². The van der Waals surface area contributed by atoms with E-state index in [1.54, 1.807) is 0 Å². The molecular formula is C58H63BN2. The molecule has 0 amide bonds. The maximum absolute atomic E-state index is 2.70. The van der Waals surface area contributed by atoms with Crippen LogP contribution in [0.25, 0.3) is 11.1 Å². The largest absolute Gasteiger partial charge is 0.311 e. The average molecular weight is 799 g/mol. The van der Waals surface area contributed by atoms with E-state index >= 15 is 0 Å². The van der Waals surface area contributed by atoms with Crippen LogP contribution in [0.3, 0.4) is 0 Å². The van der Waals surface area contributed by atoms with Gasteiger partial charge >= 0.3 is 0 Å². The van der Waals surface area contributed by atoms with Crippen molar-refractivity contribution in [2.75, 3.05) is 9.80 Å². The fourth-order valence-corrected chi connectivity index (χ4v) is 12.3. The Morgan fingerprint density at radius 3 is 1.77 bits per heavy atom. The molecule has 11 rings (SSSR count). The molecule has 3 heteroatoms. The summed E-state index contributed by atoms with van der Waals surface area (Å²) in [6.07, 6.45) is 5.76. The van der Waals surface area contributed by atoms with Crippen LogP contribution in [0.5, 0.6) is 0 Å². The lowest BCUT2D eigenvalue weighted by Crippen LogP contribution is -2.62. The van der Waals surface area contributed by atoms with E-state index < -0.39 is 0 Å². The van der Waals surface area contributed by atoms with Crippen molar-refractivity contribution in [1.29, 1.82) is 0 Å². The Morgan fingerprint density at radius 1 is 0.492 bits per heavy atom. The summed E-state index contributed by atoms with van der Waals surface area (Å²) in [5.74, 6) is 0. The summed E-state index contributed by atoms with van der Waals surface area (Å²) in [7, 11) is 0. The lowest BCUT2D eigenvalue weighted by molar-refractivity contribution is 0.332. The Bertz CT molecular complexity index is 2860. The minimum absolute atomic E-state index is 0.00170. The molecule has 0 radical (unpaired) electrons. The van der Waals surface area contributed by atoms with Crippen molar-refractivity contribution in [3.05, 3.63) is 148 Å². The smallest absolute Gasteiger partial charge is 0.252 e. The third kappa shape index (κ3) is 5.60. The molecule has 61 heavy (non-hydrogen) atoms. The molecule has 0 saturated carbocycles. The number of benzene rings is 6. The maximum Gasteiger partial charge on any atom is 0.252 e. The summed E-state index contributed by atoms with van der Waals surface area (Å²) in [4.78, 5) is 5.37. The molecule has 2 nitrogen and oxygen atoms in total. The molecule has 6 aromatic carbocycles. The van der Waals surface area contributed by atoms with Crippen LogP contribution in [0.2, 0.25) is 0 Å². The quantitative estimate of drug-likeness (QED) is 0.161. The maximum atomic E-state index is 2.70. The topological polar surface area (TPSA) is 6.48 Å². The molecular weight excluding hydrogens is 735 g/mol. The fraction of sp³-hybridized carbons (Fsp3) is 0.379. The van der Waals surface area contributed by atoms with Gasteiger partial charge in [0.25, 0.3) is 6.71 Å². The molecule has 5 aliphatic rings. The molecule has 6 aromatic rings. The van der Waals surface area contributed by atoms with Gasteiger partial charge in [0.1, 0.15) is 0 Å². The van der Waals surface area contributed by atoms with E-state index in [0.717, 1.165) is 6.42 Å². The SMILES string of the molecule is Cc1cc2c3c(c1)N(c1cccc4c1-c1ccccc1C4)c1ccc(C(C)(C)C)cc1B3c1cc3c(cc1N2c1ccc2c(c1)C(C)(C)CCC2(C)C)C(C)(C)CCC3(C)C. The summed E-state index contributed by atoms with van der Waals surface area (Å²) in [6, 6.07) is 41.5. The predicted molar refractivity (Wildman–Crippen MR) is 263 cm³/mol. The van der Waals surface area contributed by atoms with E-state index in [0.29, 0.717) is 0 Å². The number of fused-ring (bicyclic) bond motifs is 9. The normalized spacial score (nSPS) is 19.2. The van der Waals surface area contributed by atoms with Gasteiger partial charge in [0, 0.05) is 34.0 Å². The number of hydrogen-bond acceptors (Lipinski definition) is 2. The van der Waals surface area contributed by atoms with Crippen molar-refractivity contribution in [3.8, 4) is 11.1 Å². The fourth-order valence-electron chi connectivity index (χ4n) is 12.3. The van der Waals surface area contributed by atoms with Gasteiger partial charge < -0.3 is 9.80 Å². The van der Waals surface area contributed by atoms with Crippen LogP contribution in [-0.2, 0) is 33.5 Å². The van der Waals surface area contributed by atoms with E-state index in [4.69, 9.17) is 0 Å². The monoisotopic (exact) mass is 799 g/mol. The van der Waals surface area contributed by atoms with E-state index in [1.165, 1.54) is 132 Å². The van der Waals surface area contributed by atoms with Crippen LogP contribution in [-0.4, -0.2) is 6.71 Å². The van der Waals surface area contributed by atoms with Gasteiger partial charge in [0.15, 0.2) is 0 Å². The van der Waals surface area contributed by atoms with Crippen LogP contribution in [0, 0.1) is 6.92 Å². The van der Waals surface area contributed by atoms with Gasteiger partial charge in [-0.05, 0) is 175 Å². The molecule has 3 aliphatic carbocycles. The Morgan fingerprint density at radius 2 is 1.08 bits per heavy atom. The molecule has 2 heterocycles. The molecule has 0 N–H and O–H groups in total. The van der Waals surface area contributed by atoms with Crippen LogP contribution < -0.4 is 26.2 Å². The molecule has 308 valence electrons. The molecule has 0 spiro atoms. The van der Waals surface area contributed by atoms with Gasteiger partial charge in [-0.3, -0.25) is 0 Å². The first-order valence-electron chi connectivity index (χ1n) is 23.2. The predicted octanol–water partition coefficient (Wildman–Crippen LogP) is 13.6. The molecule has 0 aromatic heterocycles. The van der Waals surface area contributed by atoms with Crippen molar-refractivity contribution in [1.82, 2.24) is 0 Å². The summed E-state index contributed by atoms with van der Waals surface area (Å²) in [5, 5.41) is 0. The molecule has 2 aliphatic heterocycles. The second-order valence-corrected chi connectivity index (χ2v) is 23.2. The highest BCUT2D eigenvalue weighted by Gasteiger charge is 2.48. The minimum atomic E-state index is -0.00170. The number of anilines is 6. The zero-order valence-electron chi connectivity index (χ0n) is 38.8. The van der Waals surface area contributed by atoms with Gasteiger partial charge in [-0.25, -0.2) is 0 Å². The van der Waals surface area contributed by atoms with Crippen molar-refractivity contribution in [2.24, 2.45) is 0 Å². The molecule has 0 bridgehead atoms. The van der Waals surface area contributed by atoms with Crippen LogP contribution in [0.1, 0.15) is 146 Å². The zero-order chi connectivity index (χ0) is 42.8. The van der Waals surface area contributed by atoms with Crippen molar-refractivity contribution >= 4 is 57.2 Å². The zero-order valence-corrected chi connectivity index (χ0v) is 38.8. The first-order chi connectivity index (χ1) is 28.7. The second-order valence-electron chi connectivity index (χ2n) is 23.2. The van der Waals surface area contributed by atoms with Crippen molar-refractivity contribution in [2.45, 2.75) is 142 Å². The lowest BCUT2D eigenvalue weighted by atomic mass is 9.33. The van der Waals surface area contributed by atoms with Gasteiger partial charge in [-0.2, -0.15) is 0 Å². The van der Waals surface area contributed by atoms with E-state index in [2.05, 4.69) is 196 Å². The first kappa shape index (κ1) is 38.9. The second kappa shape index (κ2) is 12.6. The van der Waals surface area contributed by atoms with E-state index in [1.807, 2.05) is 0 Å². The number of nitrogens with zero attached hydrogens (tertiary/aromatic N) is 2. The first-order valence-corrected chi connectivity index (χ1v) is 23.2. The van der Waals surface area contributed by atoms with Gasteiger partial charge in [0.05, 0.1) is 5.69 Å². The highest BCUT2D eigenvalue weighted by Crippen LogP contribution is 2.54. The Kier molecular flexibility index (Phi) is 8.00. The van der Waals surface area contributed by atoms with Gasteiger partial charge in [-0.15, -0.1) is 0 Å². The van der Waals surface area contributed by atoms with E-state index in [9.17, 15) is 0 Å². The van der Waals surface area contributed by atoms with Crippen LogP contribution in [0.15, 0.2) is 103 Å². The summed E-state index contributed by atoms with van der Waals surface area (Å²) in [6.45, 7) is 29.3. The Labute approximate surface area is 366 Å². The average Bonchev–Trinajstić information content (AvgIpc) is 3.59. The number of aryl methyl sites for hydroxylation is 1. The molecule has 0 fully saturated rings. The standard InChI is InChI=1S/C58H63BN2/c1-35-28-50-53-51(29-35)61(48-19-15-17-37-30-36-16-13-14-18-40(36)52(37)48)47-23-20-38(54(2,3)4)31-45(47)59(53)46-33-43-44(58(11,12)27-26-57(43,9)10)34-49(46)60(50)39-21-22-41-42(32-39)56(7,8)25-24-55(41,5)6/h13-23,28-29,31-34H,24-27,30H2,1-12H3. The molecule has 0 saturated heterocycles.